The van der Waals surface area contributed by atoms with Crippen LogP contribution in [0, 0.1) is 0 Å². The Bertz CT molecular complexity index is 2440. The van der Waals surface area contributed by atoms with E-state index in [1.54, 1.807) is 4.57 Å². The first-order chi connectivity index (χ1) is 22.2. The summed E-state index contributed by atoms with van der Waals surface area (Å²) in [5.41, 5.74) is 1.34. The third-order valence-electron chi connectivity index (χ3n) is 8.29. The van der Waals surface area contributed by atoms with E-state index in [1.165, 1.54) is 0 Å². The molecule has 0 unspecified atom stereocenters. The van der Waals surface area contributed by atoms with Crippen molar-refractivity contribution in [1.29, 1.82) is 0 Å². The third kappa shape index (κ3) is 3.09. The minimum Gasteiger partial charge on any atom is -0.455 e. The van der Waals surface area contributed by atoms with Gasteiger partial charge in [-0.3, -0.25) is 0 Å². The second-order valence-electron chi connectivity index (χ2n) is 11.0. The standard InChI is InChI=1S/C34H28BNO3/c1-33(2)34(3,4)39-35(38-33)26-16-11-19-30-31(26)25-20-29(23-14-5-6-15-24(23)32(25)37-30)36-27-17-9-7-12-21(27)22-13-8-10-18-28(22)36/h5-20H,1-4H3/i7D,8D,9D,10D,12D,13D,17D,18D. The van der Waals surface area contributed by atoms with Crippen LogP contribution in [0.4, 0.5) is 0 Å². The molecule has 7 aromatic rings. The Labute approximate surface area is 238 Å². The van der Waals surface area contributed by atoms with E-state index >= 15 is 0 Å². The first kappa shape index (κ1) is 16.1. The van der Waals surface area contributed by atoms with Crippen LogP contribution >= 0.6 is 0 Å². The van der Waals surface area contributed by atoms with E-state index in [-0.39, 0.29) is 46.0 Å². The Kier molecular flexibility index (Phi) is 3.21. The van der Waals surface area contributed by atoms with Crippen LogP contribution in [0.3, 0.4) is 0 Å². The molecule has 5 heteroatoms. The summed E-state index contributed by atoms with van der Waals surface area (Å²) in [6.07, 6.45) is 0. The van der Waals surface area contributed by atoms with Crippen molar-refractivity contribution in [3.05, 3.63) is 96.9 Å². The van der Waals surface area contributed by atoms with Gasteiger partial charge in [0.15, 0.2) is 0 Å². The molecule has 0 aliphatic carbocycles. The van der Waals surface area contributed by atoms with Gasteiger partial charge in [0.1, 0.15) is 11.2 Å². The lowest BCUT2D eigenvalue weighted by molar-refractivity contribution is 0.00578. The molecule has 1 aliphatic heterocycles. The van der Waals surface area contributed by atoms with Crippen molar-refractivity contribution < 1.29 is 24.7 Å². The topological polar surface area (TPSA) is 36.5 Å². The largest absolute Gasteiger partial charge is 0.495 e. The van der Waals surface area contributed by atoms with Crippen molar-refractivity contribution >= 4 is 67.1 Å². The SMILES string of the molecule is [2H]c1c([2H])c([2H])c2c(c1[2H])c1c([2H])c([2H])c([2H])c([2H])c1n2-c1cc2c(oc3cccc(B4OC(C)(C)C(C)(C)O4)c32)c2ccccc12. The molecular formula is C34H28BNO3. The van der Waals surface area contributed by atoms with E-state index < -0.39 is 42.5 Å². The second kappa shape index (κ2) is 7.75. The molecule has 190 valence electrons. The van der Waals surface area contributed by atoms with Gasteiger partial charge in [0.2, 0.25) is 0 Å². The fraction of sp³-hybridized carbons (Fsp3) is 0.176. The molecule has 39 heavy (non-hydrogen) atoms. The molecule has 4 nitrogen and oxygen atoms in total. The summed E-state index contributed by atoms with van der Waals surface area (Å²) in [7, 11) is -0.702. The van der Waals surface area contributed by atoms with Crippen molar-refractivity contribution in [2.45, 2.75) is 38.9 Å². The van der Waals surface area contributed by atoms with Gasteiger partial charge in [-0.1, -0.05) is 72.7 Å². The van der Waals surface area contributed by atoms with E-state index in [1.807, 2.05) is 76.2 Å². The van der Waals surface area contributed by atoms with Gasteiger partial charge in [0.25, 0.3) is 0 Å². The van der Waals surface area contributed by atoms with Gasteiger partial charge in [-0.25, -0.2) is 0 Å². The highest BCUT2D eigenvalue weighted by Crippen LogP contribution is 2.42. The Balaban J connectivity index is 1.58. The second-order valence-corrected chi connectivity index (χ2v) is 11.0. The molecule has 0 amide bonds. The molecule has 0 bridgehead atoms. The Morgan fingerprint density at radius 2 is 1.31 bits per heavy atom. The maximum Gasteiger partial charge on any atom is 0.495 e. The average molecular weight is 517 g/mol. The molecule has 0 atom stereocenters. The summed E-state index contributed by atoms with van der Waals surface area (Å²) in [4.78, 5) is 0. The van der Waals surface area contributed by atoms with E-state index in [4.69, 9.17) is 24.7 Å². The number of para-hydroxylation sites is 2. The lowest BCUT2D eigenvalue weighted by Crippen LogP contribution is -2.41. The van der Waals surface area contributed by atoms with Gasteiger partial charge in [-0.05, 0) is 57.4 Å². The third-order valence-corrected chi connectivity index (χ3v) is 8.29. The molecular weight excluding hydrogens is 481 g/mol. The number of hydrogen-bond acceptors (Lipinski definition) is 3. The molecule has 0 radical (unpaired) electrons. The van der Waals surface area contributed by atoms with Gasteiger partial charge < -0.3 is 18.3 Å². The first-order valence-electron chi connectivity index (χ1n) is 16.9. The number of benzene rings is 5. The smallest absolute Gasteiger partial charge is 0.455 e. The van der Waals surface area contributed by atoms with Crippen LogP contribution in [0.2, 0.25) is 0 Å². The van der Waals surface area contributed by atoms with Crippen molar-refractivity contribution in [3.63, 3.8) is 0 Å². The Morgan fingerprint density at radius 3 is 1.97 bits per heavy atom. The fourth-order valence-corrected chi connectivity index (χ4v) is 5.67. The zero-order chi connectivity index (χ0) is 33.5. The number of furan rings is 1. The van der Waals surface area contributed by atoms with E-state index in [0.717, 1.165) is 10.8 Å². The normalized spacial score (nSPS) is 19.7. The predicted molar refractivity (Wildman–Crippen MR) is 161 cm³/mol. The molecule has 1 aliphatic rings. The average Bonchev–Trinajstić information content (AvgIpc) is 3.67. The monoisotopic (exact) mass is 517 g/mol. The van der Waals surface area contributed by atoms with E-state index in [2.05, 4.69) is 0 Å². The lowest BCUT2D eigenvalue weighted by atomic mass is 9.76. The number of nitrogens with zero attached hydrogens (tertiary/aromatic N) is 1. The molecule has 3 heterocycles. The van der Waals surface area contributed by atoms with Gasteiger partial charge in [0, 0.05) is 32.3 Å². The maximum atomic E-state index is 9.01. The summed E-state index contributed by atoms with van der Waals surface area (Å²) in [6, 6.07) is 11.7. The van der Waals surface area contributed by atoms with Crippen LogP contribution in [0.15, 0.2) is 101 Å². The fourth-order valence-electron chi connectivity index (χ4n) is 5.67. The molecule has 1 saturated heterocycles. The quantitative estimate of drug-likeness (QED) is 0.217. The minimum absolute atomic E-state index is 0.0251. The molecule has 2 aromatic heterocycles. The summed E-state index contributed by atoms with van der Waals surface area (Å²) < 4.78 is 90.6. The molecule has 8 rings (SSSR count). The van der Waals surface area contributed by atoms with Gasteiger partial charge >= 0.3 is 7.12 Å². The molecule has 0 saturated carbocycles. The van der Waals surface area contributed by atoms with Crippen LogP contribution in [0.5, 0.6) is 0 Å². The lowest BCUT2D eigenvalue weighted by Gasteiger charge is -2.32. The Hall–Kier alpha value is -4.06. The highest BCUT2D eigenvalue weighted by atomic mass is 16.7. The van der Waals surface area contributed by atoms with Crippen LogP contribution in [0.25, 0.3) is 60.2 Å². The van der Waals surface area contributed by atoms with Crippen molar-refractivity contribution in [3.8, 4) is 5.69 Å². The highest BCUT2D eigenvalue weighted by molar-refractivity contribution is 6.66. The number of hydrogen-bond donors (Lipinski definition) is 0. The summed E-state index contributed by atoms with van der Waals surface area (Å²) in [5, 5.41) is 2.87. The number of rotatable bonds is 2. The van der Waals surface area contributed by atoms with Crippen LogP contribution < -0.4 is 5.46 Å². The first-order valence-corrected chi connectivity index (χ1v) is 12.9. The van der Waals surface area contributed by atoms with E-state index in [9.17, 15) is 0 Å². The predicted octanol–water partition coefficient (Wildman–Crippen LogP) is 8.14. The Morgan fingerprint density at radius 1 is 0.692 bits per heavy atom. The summed E-state index contributed by atoms with van der Waals surface area (Å²) >= 11 is 0. The van der Waals surface area contributed by atoms with Crippen LogP contribution in [-0.2, 0) is 9.31 Å². The summed E-state index contributed by atoms with van der Waals surface area (Å²) in [5.74, 6) is 0. The van der Waals surface area contributed by atoms with Gasteiger partial charge in [0.05, 0.1) is 38.9 Å². The number of aromatic nitrogens is 1. The van der Waals surface area contributed by atoms with Gasteiger partial charge in [-0.15, -0.1) is 0 Å². The number of fused-ring (bicyclic) bond motifs is 8. The zero-order valence-electron chi connectivity index (χ0n) is 29.9. The summed E-state index contributed by atoms with van der Waals surface area (Å²) in [6.45, 7) is 7.94. The van der Waals surface area contributed by atoms with Crippen LogP contribution in [-0.4, -0.2) is 22.9 Å². The zero-order valence-corrected chi connectivity index (χ0v) is 21.9. The molecule has 5 aromatic carbocycles. The molecule has 1 fully saturated rings. The molecule has 0 spiro atoms. The maximum absolute atomic E-state index is 9.01. The van der Waals surface area contributed by atoms with Crippen molar-refractivity contribution in [1.82, 2.24) is 4.57 Å². The van der Waals surface area contributed by atoms with Crippen molar-refractivity contribution in [2.75, 3.05) is 0 Å². The minimum atomic E-state index is -0.702. The molecule has 0 N–H and O–H groups in total. The highest BCUT2D eigenvalue weighted by Gasteiger charge is 2.52. The van der Waals surface area contributed by atoms with Gasteiger partial charge in [-0.2, -0.15) is 0 Å². The van der Waals surface area contributed by atoms with Crippen LogP contribution in [0.1, 0.15) is 38.7 Å². The van der Waals surface area contributed by atoms with E-state index in [0.29, 0.717) is 33.0 Å². The van der Waals surface area contributed by atoms with Crippen molar-refractivity contribution in [2.24, 2.45) is 0 Å².